The van der Waals surface area contributed by atoms with Gasteiger partial charge in [-0.3, -0.25) is 29.8 Å². The average Bonchev–Trinajstić information content (AvgIpc) is 2.55. The number of esters is 2. The molecule has 1 atom stereocenters. The maximum absolute atomic E-state index is 12.3. The third-order valence-electron chi connectivity index (χ3n) is 3.30. The molecule has 0 aliphatic carbocycles. The van der Waals surface area contributed by atoms with Crippen molar-refractivity contribution in [1.29, 1.82) is 0 Å². The fourth-order valence-corrected chi connectivity index (χ4v) is 2.31. The molecule has 0 saturated carbocycles. The van der Waals surface area contributed by atoms with Crippen LogP contribution in [0.25, 0.3) is 0 Å². The second kappa shape index (κ2) is 9.66. The van der Waals surface area contributed by atoms with E-state index in [0.717, 1.165) is 12.5 Å². The topological polar surface area (TPSA) is 139 Å². The Balaban J connectivity index is 3.46. The largest absolute Gasteiger partial charge is 0.465 e. The number of rotatable bonds is 9. The van der Waals surface area contributed by atoms with Gasteiger partial charge in [0.05, 0.1) is 34.7 Å². The van der Waals surface area contributed by atoms with Crippen molar-refractivity contribution in [2.24, 2.45) is 0 Å². The molecule has 0 heterocycles. The Morgan fingerprint density at radius 2 is 1.65 bits per heavy atom. The average molecular weight is 389 g/mol. The van der Waals surface area contributed by atoms with Gasteiger partial charge in [-0.2, -0.15) is 0 Å². The number of carbonyl (C=O) groups excluding carboxylic acids is 2. The lowest BCUT2D eigenvalue weighted by atomic mass is 9.96. The van der Waals surface area contributed by atoms with Crippen molar-refractivity contribution in [3.05, 3.63) is 42.9 Å². The Labute approximate surface area is 153 Å². The van der Waals surface area contributed by atoms with Gasteiger partial charge in [0.25, 0.3) is 11.4 Å². The van der Waals surface area contributed by atoms with Gasteiger partial charge in [-0.15, -0.1) is 0 Å². The molecule has 26 heavy (non-hydrogen) atoms. The van der Waals surface area contributed by atoms with Crippen molar-refractivity contribution >= 4 is 34.9 Å². The summed E-state index contributed by atoms with van der Waals surface area (Å²) < 4.78 is 9.78. The van der Waals surface area contributed by atoms with Crippen LogP contribution in [0.3, 0.4) is 0 Å². The molecule has 0 N–H and O–H groups in total. The van der Waals surface area contributed by atoms with Gasteiger partial charge in [-0.25, -0.2) is 0 Å². The second-order valence-corrected chi connectivity index (χ2v) is 5.49. The summed E-state index contributed by atoms with van der Waals surface area (Å²) in [6.45, 7) is 3.29. The maximum atomic E-state index is 12.3. The molecule has 0 bridgehead atoms. The maximum Gasteiger partial charge on any atom is 0.325 e. The van der Waals surface area contributed by atoms with E-state index in [1.807, 2.05) is 6.92 Å². The minimum atomic E-state index is -1.77. The summed E-state index contributed by atoms with van der Waals surface area (Å²) in [4.78, 5) is 44.9. The molecule has 1 aromatic carbocycles. The number of hydrogen-bond donors (Lipinski definition) is 0. The quantitative estimate of drug-likeness (QED) is 0.206. The summed E-state index contributed by atoms with van der Waals surface area (Å²) in [6, 6.07) is 1.45. The van der Waals surface area contributed by atoms with Crippen molar-refractivity contribution in [1.82, 2.24) is 0 Å². The standard InChI is InChI=1S/C15H17ClN2O8/c1-3-5-6-26-15(20)13(14(19)25-4-2)9-7-10(16)12(18(23)24)8-11(9)17(21)22/h7-8,13H,3-6H2,1-2H3. The molecule has 0 amide bonds. The minimum Gasteiger partial charge on any atom is -0.465 e. The van der Waals surface area contributed by atoms with Crippen LogP contribution in [-0.2, 0) is 19.1 Å². The molecule has 1 aromatic rings. The summed E-state index contributed by atoms with van der Waals surface area (Å²) in [7, 11) is 0. The summed E-state index contributed by atoms with van der Waals surface area (Å²) >= 11 is 5.79. The minimum absolute atomic E-state index is 0.0136. The van der Waals surface area contributed by atoms with Gasteiger partial charge in [0.2, 0.25) is 0 Å². The molecule has 0 aliphatic heterocycles. The monoisotopic (exact) mass is 388 g/mol. The fraction of sp³-hybridized carbons (Fsp3) is 0.467. The summed E-state index contributed by atoms with van der Waals surface area (Å²) in [6.07, 6.45) is 1.26. The number of nitro groups is 2. The number of nitrogens with zero attached hydrogens (tertiary/aromatic N) is 2. The molecule has 0 aromatic heterocycles. The summed E-state index contributed by atoms with van der Waals surface area (Å²) in [5, 5.41) is 21.8. The number of unbranched alkanes of at least 4 members (excludes halogenated alkanes) is 1. The lowest BCUT2D eigenvalue weighted by molar-refractivity contribution is -0.394. The van der Waals surface area contributed by atoms with Crippen LogP contribution in [0.1, 0.15) is 38.2 Å². The van der Waals surface area contributed by atoms with E-state index in [-0.39, 0.29) is 13.2 Å². The molecule has 0 fully saturated rings. The molecule has 10 nitrogen and oxygen atoms in total. The van der Waals surface area contributed by atoms with Crippen molar-refractivity contribution in [2.45, 2.75) is 32.6 Å². The van der Waals surface area contributed by atoms with Gasteiger partial charge >= 0.3 is 11.9 Å². The third-order valence-corrected chi connectivity index (χ3v) is 3.60. The van der Waals surface area contributed by atoms with Crippen LogP contribution in [0, 0.1) is 20.2 Å². The number of halogens is 1. The van der Waals surface area contributed by atoms with Crippen LogP contribution >= 0.6 is 11.6 Å². The lowest BCUT2D eigenvalue weighted by Gasteiger charge is -2.15. The van der Waals surface area contributed by atoms with Crippen LogP contribution in [0.5, 0.6) is 0 Å². The summed E-state index contributed by atoms with van der Waals surface area (Å²) in [5.41, 5.74) is -1.94. The molecule has 1 rings (SSSR count). The van der Waals surface area contributed by atoms with E-state index in [4.69, 9.17) is 21.1 Å². The van der Waals surface area contributed by atoms with E-state index in [1.165, 1.54) is 6.92 Å². The number of carbonyl (C=O) groups is 2. The van der Waals surface area contributed by atoms with Gasteiger partial charge in [0.15, 0.2) is 5.92 Å². The van der Waals surface area contributed by atoms with Crippen molar-refractivity contribution in [3.63, 3.8) is 0 Å². The molecule has 1 unspecified atom stereocenters. The van der Waals surface area contributed by atoms with Crippen LogP contribution in [-0.4, -0.2) is 35.0 Å². The number of benzene rings is 1. The molecule has 142 valence electrons. The first kappa shape index (κ1) is 21.3. The van der Waals surface area contributed by atoms with Gasteiger partial charge in [0.1, 0.15) is 5.02 Å². The highest BCUT2D eigenvalue weighted by atomic mass is 35.5. The third kappa shape index (κ3) is 5.12. The van der Waals surface area contributed by atoms with Crippen molar-refractivity contribution in [2.75, 3.05) is 13.2 Å². The smallest absolute Gasteiger partial charge is 0.325 e. The predicted molar refractivity (Wildman–Crippen MR) is 90.0 cm³/mol. The van der Waals surface area contributed by atoms with Gasteiger partial charge in [0, 0.05) is 0 Å². The van der Waals surface area contributed by atoms with E-state index < -0.39 is 49.7 Å². The molecule has 0 aliphatic rings. The highest BCUT2D eigenvalue weighted by Gasteiger charge is 2.39. The van der Waals surface area contributed by atoms with E-state index in [2.05, 4.69) is 0 Å². The highest BCUT2D eigenvalue weighted by Crippen LogP contribution is 2.37. The van der Waals surface area contributed by atoms with Crippen molar-refractivity contribution in [3.8, 4) is 0 Å². The molecule has 0 spiro atoms. The first-order valence-electron chi connectivity index (χ1n) is 7.70. The molecule has 11 heteroatoms. The Morgan fingerprint density at radius 1 is 1.08 bits per heavy atom. The molecular formula is C15H17ClN2O8. The molecule has 0 saturated heterocycles. The van der Waals surface area contributed by atoms with Crippen LogP contribution in [0.15, 0.2) is 12.1 Å². The van der Waals surface area contributed by atoms with Crippen LogP contribution < -0.4 is 0 Å². The van der Waals surface area contributed by atoms with Gasteiger partial charge < -0.3 is 9.47 Å². The van der Waals surface area contributed by atoms with Crippen LogP contribution in [0.4, 0.5) is 11.4 Å². The zero-order valence-corrected chi connectivity index (χ0v) is 14.9. The fourth-order valence-electron chi connectivity index (χ4n) is 2.07. The zero-order valence-electron chi connectivity index (χ0n) is 14.1. The van der Waals surface area contributed by atoms with Crippen LogP contribution in [0.2, 0.25) is 5.02 Å². The van der Waals surface area contributed by atoms with E-state index >= 15 is 0 Å². The first-order valence-corrected chi connectivity index (χ1v) is 8.07. The van der Waals surface area contributed by atoms with Gasteiger partial charge in [-0.1, -0.05) is 24.9 Å². The SMILES string of the molecule is CCCCOC(=O)C(C(=O)OCC)c1cc(Cl)c([N+](=O)[O-])cc1[N+](=O)[O-]. The van der Waals surface area contributed by atoms with E-state index in [0.29, 0.717) is 12.5 Å². The molecular weight excluding hydrogens is 372 g/mol. The molecule has 0 radical (unpaired) electrons. The Morgan fingerprint density at radius 3 is 2.15 bits per heavy atom. The Bertz CT molecular complexity index is 722. The number of hydrogen-bond acceptors (Lipinski definition) is 8. The lowest BCUT2D eigenvalue weighted by Crippen LogP contribution is -2.27. The predicted octanol–water partition coefficient (Wildman–Crippen LogP) is 3.15. The zero-order chi connectivity index (χ0) is 19.9. The highest BCUT2D eigenvalue weighted by molar-refractivity contribution is 6.33. The van der Waals surface area contributed by atoms with Crippen molar-refractivity contribution < 1.29 is 28.9 Å². The van der Waals surface area contributed by atoms with E-state index in [9.17, 15) is 29.8 Å². The number of nitro benzene ring substituents is 2. The second-order valence-electron chi connectivity index (χ2n) is 5.08. The Kier molecular flexibility index (Phi) is 7.91. The normalized spacial score (nSPS) is 11.5. The van der Waals surface area contributed by atoms with E-state index in [1.54, 1.807) is 0 Å². The number of ether oxygens (including phenoxy) is 2. The summed E-state index contributed by atoms with van der Waals surface area (Å²) in [5.74, 6) is -3.89. The first-order chi connectivity index (χ1) is 12.2. The van der Waals surface area contributed by atoms with Gasteiger partial charge in [-0.05, 0) is 19.4 Å². The Hall–Kier alpha value is -2.75.